The fourth-order valence-electron chi connectivity index (χ4n) is 1.38. The zero-order valence-electron chi connectivity index (χ0n) is 8.43. The zero-order valence-corrected chi connectivity index (χ0v) is 9.25. The lowest BCUT2D eigenvalue weighted by Crippen LogP contribution is -2.13. The number of rotatable bonds is 4. The summed E-state index contributed by atoms with van der Waals surface area (Å²) < 4.78 is 13.0. The highest BCUT2D eigenvalue weighted by Gasteiger charge is 2.11. The average Bonchev–Trinajstić information content (AvgIpc) is 2.79. The summed E-state index contributed by atoms with van der Waals surface area (Å²) in [7, 11) is 0. The van der Waals surface area contributed by atoms with Crippen molar-refractivity contribution in [3.63, 3.8) is 0 Å². The van der Waals surface area contributed by atoms with Gasteiger partial charge in [-0.05, 0) is 18.2 Å². The maximum atomic E-state index is 13.0. The van der Waals surface area contributed by atoms with E-state index in [1.54, 1.807) is 23.8 Å². The molecule has 0 aliphatic carbocycles. The average molecular weight is 238 g/mol. The van der Waals surface area contributed by atoms with E-state index in [2.05, 4.69) is 10.3 Å². The van der Waals surface area contributed by atoms with Gasteiger partial charge in [-0.1, -0.05) is 6.07 Å². The van der Waals surface area contributed by atoms with Crippen LogP contribution in [0.1, 0.15) is 10.9 Å². The Bertz CT molecular complexity index is 447. The first kappa shape index (κ1) is 11.0. The molecule has 3 nitrogen and oxygen atoms in total. The Balaban J connectivity index is 2.13. The number of aliphatic hydroxyl groups excluding tert-OH is 1. The topological polar surface area (TPSA) is 45.1 Å². The summed E-state index contributed by atoms with van der Waals surface area (Å²) in [5.74, 6) is -0.300. The minimum absolute atomic E-state index is 0.0568. The second-order valence-corrected chi connectivity index (χ2v) is 4.21. The van der Waals surface area contributed by atoms with E-state index in [1.807, 2.05) is 0 Å². The van der Waals surface area contributed by atoms with Crippen LogP contribution in [0.3, 0.4) is 0 Å². The summed E-state index contributed by atoms with van der Waals surface area (Å²) in [6.45, 7) is -0.0568. The quantitative estimate of drug-likeness (QED) is 0.859. The lowest BCUT2D eigenvalue weighted by atomic mass is 10.2. The molecule has 0 spiro atoms. The van der Waals surface area contributed by atoms with Gasteiger partial charge < -0.3 is 10.4 Å². The van der Waals surface area contributed by atoms with Gasteiger partial charge in [-0.3, -0.25) is 4.98 Å². The number of aliphatic hydroxyl groups is 1. The van der Waals surface area contributed by atoms with Crippen molar-refractivity contribution in [3.05, 3.63) is 46.7 Å². The van der Waals surface area contributed by atoms with Crippen molar-refractivity contribution in [2.45, 2.75) is 6.04 Å². The number of hydrogen-bond acceptors (Lipinski definition) is 4. The minimum atomic E-state index is -0.300. The molecule has 84 valence electrons. The van der Waals surface area contributed by atoms with Gasteiger partial charge in [0.05, 0.1) is 18.2 Å². The highest BCUT2D eigenvalue weighted by molar-refractivity contribution is 7.09. The highest BCUT2D eigenvalue weighted by atomic mass is 32.1. The van der Waals surface area contributed by atoms with E-state index in [0.29, 0.717) is 5.69 Å². The number of hydrogen-bond donors (Lipinski definition) is 2. The molecule has 1 heterocycles. The number of nitrogens with one attached hydrogen (secondary N) is 1. The number of anilines is 1. The van der Waals surface area contributed by atoms with Gasteiger partial charge in [0, 0.05) is 16.8 Å². The van der Waals surface area contributed by atoms with E-state index in [9.17, 15) is 9.50 Å². The van der Waals surface area contributed by atoms with E-state index in [1.165, 1.54) is 23.5 Å². The van der Waals surface area contributed by atoms with Gasteiger partial charge in [-0.25, -0.2) is 4.39 Å². The minimum Gasteiger partial charge on any atom is -0.394 e. The van der Waals surface area contributed by atoms with E-state index < -0.39 is 0 Å². The van der Waals surface area contributed by atoms with Gasteiger partial charge in [0.15, 0.2) is 0 Å². The maximum Gasteiger partial charge on any atom is 0.125 e. The number of aromatic nitrogens is 1. The third kappa shape index (κ3) is 2.56. The van der Waals surface area contributed by atoms with Crippen LogP contribution in [0.25, 0.3) is 0 Å². The molecule has 0 saturated carbocycles. The fourth-order valence-corrected chi connectivity index (χ4v) is 2.05. The Labute approximate surface area is 96.6 Å². The molecule has 0 aliphatic rings. The van der Waals surface area contributed by atoms with Gasteiger partial charge in [0.1, 0.15) is 5.82 Å². The molecule has 2 rings (SSSR count). The standard InChI is InChI=1S/C11H11FN2OS/c12-8-2-1-3-9(4-8)14-10(6-15)11-5-13-7-16-11/h1-5,7,10,14-15H,6H2. The summed E-state index contributed by atoms with van der Waals surface area (Å²) in [5.41, 5.74) is 2.35. The molecule has 0 radical (unpaired) electrons. The highest BCUT2D eigenvalue weighted by Crippen LogP contribution is 2.22. The first-order valence-corrected chi connectivity index (χ1v) is 5.69. The van der Waals surface area contributed by atoms with Gasteiger partial charge in [0.2, 0.25) is 0 Å². The molecule has 1 unspecified atom stereocenters. The Kier molecular flexibility index (Phi) is 3.48. The molecule has 0 saturated heterocycles. The largest absolute Gasteiger partial charge is 0.394 e. The Morgan fingerprint density at radius 2 is 2.38 bits per heavy atom. The van der Waals surface area contributed by atoms with Crippen LogP contribution in [0.2, 0.25) is 0 Å². The zero-order chi connectivity index (χ0) is 11.4. The second kappa shape index (κ2) is 5.05. The smallest absolute Gasteiger partial charge is 0.125 e. The molecule has 0 bridgehead atoms. The number of benzene rings is 1. The van der Waals surface area contributed by atoms with E-state index in [4.69, 9.17) is 0 Å². The lowest BCUT2D eigenvalue weighted by Gasteiger charge is -2.15. The molecule has 1 aromatic carbocycles. The van der Waals surface area contributed by atoms with Crippen LogP contribution in [0.15, 0.2) is 36.0 Å². The first-order chi connectivity index (χ1) is 7.79. The normalized spacial score (nSPS) is 12.4. The van der Waals surface area contributed by atoms with Crippen molar-refractivity contribution in [2.75, 3.05) is 11.9 Å². The predicted molar refractivity (Wildman–Crippen MR) is 62.0 cm³/mol. The third-order valence-corrected chi connectivity index (χ3v) is 3.03. The van der Waals surface area contributed by atoms with Crippen LogP contribution in [0.5, 0.6) is 0 Å². The lowest BCUT2D eigenvalue weighted by molar-refractivity contribution is 0.277. The van der Waals surface area contributed by atoms with Crippen LogP contribution in [-0.4, -0.2) is 16.7 Å². The Morgan fingerprint density at radius 3 is 3.00 bits per heavy atom. The van der Waals surface area contributed by atoms with Gasteiger partial charge in [-0.2, -0.15) is 0 Å². The molecule has 0 fully saturated rings. The van der Waals surface area contributed by atoms with Crippen LogP contribution < -0.4 is 5.32 Å². The van der Waals surface area contributed by atoms with Crippen LogP contribution in [-0.2, 0) is 0 Å². The SMILES string of the molecule is OCC(Nc1cccc(F)c1)c1cncs1. The second-order valence-electron chi connectivity index (χ2n) is 3.29. The van der Waals surface area contributed by atoms with Crippen LogP contribution >= 0.6 is 11.3 Å². The Hall–Kier alpha value is -1.46. The van der Waals surface area contributed by atoms with Gasteiger partial charge in [-0.15, -0.1) is 11.3 Å². The molecular formula is C11H11FN2OS. The molecule has 0 aliphatic heterocycles. The molecule has 5 heteroatoms. The summed E-state index contributed by atoms with van der Waals surface area (Å²) >= 11 is 1.45. The van der Waals surface area contributed by atoms with Crippen molar-refractivity contribution >= 4 is 17.0 Å². The predicted octanol–water partition coefficient (Wildman–Crippen LogP) is 2.43. The number of nitrogens with zero attached hydrogens (tertiary/aromatic N) is 1. The summed E-state index contributed by atoms with van der Waals surface area (Å²) in [6.07, 6.45) is 1.69. The van der Waals surface area contributed by atoms with Crippen molar-refractivity contribution in [2.24, 2.45) is 0 Å². The van der Waals surface area contributed by atoms with Gasteiger partial charge >= 0.3 is 0 Å². The van der Waals surface area contributed by atoms with Crippen molar-refractivity contribution in [3.8, 4) is 0 Å². The monoisotopic (exact) mass is 238 g/mol. The van der Waals surface area contributed by atoms with Crippen molar-refractivity contribution in [1.82, 2.24) is 4.98 Å². The van der Waals surface area contributed by atoms with Gasteiger partial charge in [0.25, 0.3) is 0 Å². The molecule has 0 amide bonds. The molecule has 1 aromatic heterocycles. The molecule has 1 atom stereocenters. The molecule has 2 N–H and O–H groups in total. The fraction of sp³-hybridized carbons (Fsp3) is 0.182. The molecule has 16 heavy (non-hydrogen) atoms. The summed E-state index contributed by atoms with van der Waals surface area (Å²) in [6, 6.07) is 5.91. The molecular weight excluding hydrogens is 227 g/mol. The van der Waals surface area contributed by atoms with Crippen molar-refractivity contribution in [1.29, 1.82) is 0 Å². The van der Waals surface area contributed by atoms with Crippen LogP contribution in [0, 0.1) is 5.82 Å². The molecule has 2 aromatic rings. The van der Waals surface area contributed by atoms with E-state index in [-0.39, 0.29) is 18.5 Å². The third-order valence-electron chi connectivity index (χ3n) is 2.14. The Morgan fingerprint density at radius 1 is 1.50 bits per heavy atom. The number of halogens is 1. The van der Waals surface area contributed by atoms with Crippen molar-refractivity contribution < 1.29 is 9.50 Å². The number of thiazole rings is 1. The summed E-state index contributed by atoms with van der Waals surface area (Å²) in [5, 5.41) is 12.3. The van der Waals surface area contributed by atoms with E-state index >= 15 is 0 Å². The first-order valence-electron chi connectivity index (χ1n) is 4.81. The summed E-state index contributed by atoms with van der Waals surface area (Å²) in [4.78, 5) is 4.87. The maximum absolute atomic E-state index is 13.0. The van der Waals surface area contributed by atoms with E-state index in [0.717, 1.165) is 4.88 Å². The van der Waals surface area contributed by atoms with Crippen LogP contribution in [0.4, 0.5) is 10.1 Å².